The molecular weight excluding hydrogens is 230 g/mol. The fraction of sp³-hybridized carbons (Fsp3) is 0.846. The molecule has 1 aliphatic carbocycles. The Hall–Kier alpha value is -1.10. The summed E-state index contributed by atoms with van der Waals surface area (Å²) in [6.45, 7) is 4.56. The van der Waals surface area contributed by atoms with Gasteiger partial charge in [-0.2, -0.15) is 0 Å². The summed E-state index contributed by atoms with van der Waals surface area (Å²) in [5.41, 5.74) is 0. The van der Waals surface area contributed by atoms with Gasteiger partial charge >= 0.3 is 0 Å². The van der Waals surface area contributed by atoms with E-state index in [9.17, 15) is 9.59 Å². The molecule has 1 saturated carbocycles. The van der Waals surface area contributed by atoms with E-state index in [0.717, 1.165) is 32.5 Å². The maximum atomic E-state index is 12.0. The number of likely N-dealkylation sites (tertiary alicyclic amines) is 1. The summed E-state index contributed by atoms with van der Waals surface area (Å²) in [7, 11) is 0. The molecule has 5 heteroatoms. The van der Waals surface area contributed by atoms with E-state index in [4.69, 9.17) is 0 Å². The van der Waals surface area contributed by atoms with E-state index in [2.05, 4.69) is 10.6 Å². The fourth-order valence-electron chi connectivity index (χ4n) is 2.19. The molecular formula is C13H23N3O2. The molecule has 0 spiro atoms. The van der Waals surface area contributed by atoms with Gasteiger partial charge in [0.1, 0.15) is 0 Å². The van der Waals surface area contributed by atoms with Crippen LogP contribution in [0.5, 0.6) is 0 Å². The van der Waals surface area contributed by atoms with Gasteiger partial charge in [0.15, 0.2) is 0 Å². The topological polar surface area (TPSA) is 61.4 Å². The van der Waals surface area contributed by atoms with Crippen molar-refractivity contribution < 1.29 is 9.59 Å². The fourth-order valence-corrected chi connectivity index (χ4v) is 2.19. The monoisotopic (exact) mass is 253 g/mol. The van der Waals surface area contributed by atoms with E-state index in [1.165, 1.54) is 12.8 Å². The van der Waals surface area contributed by atoms with Gasteiger partial charge in [-0.1, -0.05) is 0 Å². The summed E-state index contributed by atoms with van der Waals surface area (Å²) < 4.78 is 0. The molecule has 1 unspecified atom stereocenters. The highest BCUT2D eigenvalue weighted by atomic mass is 16.2. The summed E-state index contributed by atoms with van der Waals surface area (Å²) >= 11 is 0. The lowest BCUT2D eigenvalue weighted by Gasteiger charge is -2.20. The molecule has 18 heavy (non-hydrogen) atoms. The van der Waals surface area contributed by atoms with Gasteiger partial charge in [-0.05, 0) is 38.5 Å². The average molecular weight is 253 g/mol. The first-order chi connectivity index (χ1) is 8.66. The Kier molecular flexibility index (Phi) is 4.58. The third-order valence-corrected chi connectivity index (χ3v) is 3.64. The summed E-state index contributed by atoms with van der Waals surface area (Å²) in [6, 6.07) is -0.269. The zero-order chi connectivity index (χ0) is 13.0. The van der Waals surface area contributed by atoms with Crippen LogP contribution in [0, 0.1) is 5.92 Å². The van der Waals surface area contributed by atoms with Crippen LogP contribution in [0.3, 0.4) is 0 Å². The van der Waals surface area contributed by atoms with Crippen molar-refractivity contribution in [1.82, 2.24) is 15.5 Å². The molecule has 0 aromatic rings. The van der Waals surface area contributed by atoms with Crippen molar-refractivity contribution >= 4 is 11.8 Å². The third-order valence-electron chi connectivity index (χ3n) is 3.64. The predicted octanol–water partition coefficient (Wildman–Crippen LogP) is 0.113. The first-order valence-corrected chi connectivity index (χ1v) is 6.95. The minimum atomic E-state index is -0.269. The Morgan fingerprint density at radius 3 is 2.56 bits per heavy atom. The van der Waals surface area contributed by atoms with Gasteiger partial charge in [-0.15, -0.1) is 0 Å². The molecule has 0 bridgehead atoms. The number of nitrogens with one attached hydrogen (secondary N) is 2. The molecule has 1 atom stereocenters. The molecule has 0 aromatic heterocycles. The number of carbonyl (C=O) groups is 2. The van der Waals surface area contributed by atoms with Crippen LogP contribution >= 0.6 is 0 Å². The lowest BCUT2D eigenvalue weighted by atomic mass is 10.3. The molecule has 5 nitrogen and oxygen atoms in total. The van der Waals surface area contributed by atoms with Crippen molar-refractivity contribution in [2.24, 2.45) is 5.92 Å². The van der Waals surface area contributed by atoms with Crippen LogP contribution in [-0.2, 0) is 9.59 Å². The molecule has 0 radical (unpaired) electrons. The Morgan fingerprint density at radius 1 is 1.28 bits per heavy atom. The minimum Gasteiger partial charge on any atom is -0.355 e. The molecule has 2 fully saturated rings. The summed E-state index contributed by atoms with van der Waals surface area (Å²) in [6.07, 6.45) is 4.66. The minimum absolute atomic E-state index is 0.0111. The largest absolute Gasteiger partial charge is 0.355 e. The number of hydrogen-bond acceptors (Lipinski definition) is 3. The van der Waals surface area contributed by atoms with E-state index < -0.39 is 0 Å². The summed E-state index contributed by atoms with van der Waals surface area (Å²) in [5, 5.41) is 5.88. The highest BCUT2D eigenvalue weighted by Crippen LogP contribution is 2.27. The second-order valence-electron chi connectivity index (χ2n) is 5.38. The van der Waals surface area contributed by atoms with Crippen molar-refractivity contribution in [3.63, 3.8) is 0 Å². The molecule has 2 rings (SSSR count). The molecule has 1 aliphatic heterocycles. The first kappa shape index (κ1) is 13.3. The van der Waals surface area contributed by atoms with Crippen molar-refractivity contribution in [2.75, 3.05) is 26.2 Å². The first-order valence-electron chi connectivity index (χ1n) is 6.95. The molecule has 2 aliphatic rings. The van der Waals surface area contributed by atoms with Crippen LogP contribution in [0.4, 0.5) is 0 Å². The van der Waals surface area contributed by atoms with Gasteiger partial charge in [0.05, 0.1) is 12.6 Å². The van der Waals surface area contributed by atoms with Gasteiger partial charge < -0.3 is 10.2 Å². The normalized spacial score (nSPS) is 20.8. The smallest absolute Gasteiger partial charge is 0.239 e. The number of amides is 2. The zero-order valence-corrected chi connectivity index (χ0v) is 11.1. The quantitative estimate of drug-likeness (QED) is 0.706. The van der Waals surface area contributed by atoms with Crippen LogP contribution < -0.4 is 10.6 Å². The van der Waals surface area contributed by atoms with E-state index >= 15 is 0 Å². The Labute approximate surface area is 108 Å². The predicted molar refractivity (Wildman–Crippen MR) is 69.0 cm³/mol. The molecule has 1 heterocycles. The maximum absolute atomic E-state index is 12.0. The standard InChI is InChI=1S/C13H23N3O2/c1-10(13(18)16-6-2-3-7-16)14-9-12(17)15-8-11-4-5-11/h10-11,14H,2-9H2,1H3,(H,15,17). The van der Waals surface area contributed by atoms with Crippen molar-refractivity contribution in [3.05, 3.63) is 0 Å². The average Bonchev–Trinajstić information content (AvgIpc) is 3.04. The summed E-state index contributed by atoms with van der Waals surface area (Å²) in [5.74, 6) is 0.795. The van der Waals surface area contributed by atoms with Gasteiger partial charge in [0, 0.05) is 19.6 Å². The zero-order valence-electron chi connectivity index (χ0n) is 11.1. The molecule has 1 saturated heterocycles. The van der Waals surface area contributed by atoms with E-state index in [1.54, 1.807) is 0 Å². The molecule has 2 amide bonds. The van der Waals surface area contributed by atoms with Gasteiger partial charge in [0.2, 0.25) is 11.8 Å². The Bertz CT molecular complexity index is 309. The Balaban J connectivity index is 1.61. The lowest BCUT2D eigenvalue weighted by Crippen LogP contribution is -2.47. The number of nitrogens with zero attached hydrogens (tertiary/aromatic N) is 1. The van der Waals surface area contributed by atoms with Crippen LogP contribution in [0.2, 0.25) is 0 Å². The third kappa shape index (κ3) is 3.98. The second-order valence-corrected chi connectivity index (χ2v) is 5.38. The van der Waals surface area contributed by atoms with Crippen molar-refractivity contribution in [2.45, 2.75) is 38.6 Å². The van der Waals surface area contributed by atoms with Crippen LogP contribution in [0.25, 0.3) is 0 Å². The second kappa shape index (κ2) is 6.18. The number of carbonyl (C=O) groups excluding carboxylic acids is 2. The highest BCUT2D eigenvalue weighted by molar-refractivity contribution is 5.83. The van der Waals surface area contributed by atoms with Crippen LogP contribution in [0.1, 0.15) is 32.6 Å². The van der Waals surface area contributed by atoms with Gasteiger partial charge in [-0.25, -0.2) is 0 Å². The molecule has 0 aromatic carbocycles. The number of hydrogen-bond donors (Lipinski definition) is 2. The van der Waals surface area contributed by atoms with Gasteiger partial charge in [-0.3, -0.25) is 14.9 Å². The van der Waals surface area contributed by atoms with E-state index in [1.807, 2.05) is 11.8 Å². The highest BCUT2D eigenvalue weighted by Gasteiger charge is 2.24. The SMILES string of the molecule is CC(NCC(=O)NCC1CC1)C(=O)N1CCCC1. The van der Waals surface area contributed by atoms with Crippen LogP contribution in [0.15, 0.2) is 0 Å². The lowest BCUT2D eigenvalue weighted by molar-refractivity contribution is -0.132. The van der Waals surface area contributed by atoms with E-state index in [0.29, 0.717) is 5.92 Å². The summed E-state index contributed by atoms with van der Waals surface area (Å²) in [4.78, 5) is 25.4. The van der Waals surface area contributed by atoms with Crippen LogP contribution in [-0.4, -0.2) is 48.9 Å². The number of rotatable bonds is 6. The molecule has 2 N–H and O–H groups in total. The Morgan fingerprint density at radius 2 is 1.94 bits per heavy atom. The van der Waals surface area contributed by atoms with Gasteiger partial charge in [0.25, 0.3) is 0 Å². The van der Waals surface area contributed by atoms with Crippen molar-refractivity contribution in [1.29, 1.82) is 0 Å². The molecule has 102 valence electrons. The van der Waals surface area contributed by atoms with E-state index in [-0.39, 0.29) is 24.4 Å². The maximum Gasteiger partial charge on any atom is 0.239 e. The van der Waals surface area contributed by atoms with Crippen molar-refractivity contribution in [3.8, 4) is 0 Å².